The lowest BCUT2D eigenvalue weighted by atomic mass is 10.1. The van der Waals surface area contributed by atoms with Crippen LogP contribution in [-0.2, 0) is 6.54 Å². The van der Waals surface area contributed by atoms with E-state index in [0.717, 1.165) is 33.1 Å². The number of nitrogens with zero attached hydrogens (tertiary/aromatic N) is 4. The van der Waals surface area contributed by atoms with Gasteiger partial charge in [0, 0.05) is 42.8 Å². The van der Waals surface area contributed by atoms with Gasteiger partial charge in [-0.1, -0.05) is 35.5 Å². The van der Waals surface area contributed by atoms with Crippen LogP contribution in [0, 0.1) is 6.92 Å². The van der Waals surface area contributed by atoms with Crippen molar-refractivity contribution >= 4 is 22.9 Å². The number of hydrogen-bond acceptors (Lipinski definition) is 7. The summed E-state index contributed by atoms with van der Waals surface area (Å²) in [5.41, 5.74) is 4.72. The van der Waals surface area contributed by atoms with E-state index in [-0.39, 0.29) is 5.89 Å². The van der Waals surface area contributed by atoms with Gasteiger partial charge in [0.1, 0.15) is 0 Å². The summed E-state index contributed by atoms with van der Waals surface area (Å²) >= 11 is 1.60. The third-order valence-corrected chi connectivity index (χ3v) is 5.34. The molecular weight excluding hydrogens is 398 g/mol. The molecule has 1 amide bonds. The van der Waals surface area contributed by atoms with E-state index in [0.29, 0.717) is 12.4 Å². The van der Waals surface area contributed by atoms with Crippen molar-refractivity contribution < 1.29 is 9.32 Å². The largest absolute Gasteiger partial charge is 0.378 e. The fourth-order valence-corrected chi connectivity index (χ4v) is 3.54. The van der Waals surface area contributed by atoms with Gasteiger partial charge in [-0.3, -0.25) is 4.79 Å². The van der Waals surface area contributed by atoms with Crippen molar-refractivity contribution in [2.75, 3.05) is 19.0 Å². The van der Waals surface area contributed by atoms with Gasteiger partial charge in [0.15, 0.2) is 0 Å². The van der Waals surface area contributed by atoms with Crippen molar-refractivity contribution in [2.45, 2.75) is 13.5 Å². The van der Waals surface area contributed by atoms with E-state index < -0.39 is 5.91 Å². The van der Waals surface area contributed by atoms with Crippen LogP contribution in [0.2, 0.25) is 0 Å². The second-order valence-electron chi connectivity index (χ2n) is 7.00. The topological polar surface area (TPSA) is 84.1 Å². The average molecular weight is 420 g/mol. The molecule has 2 heterocycles. The molecule has 2 aromatic carbocycles. The summed E-state index contributed by atoms with van der Waals surface area (Å²) in [6.07, 6.45) is 0. The number of carbonyl (C=O) groups excluding carboxylic acids is 1. The SMILES string of the molecule is Cc1nc(-c2cccc(-c3noc(C(=O)NCc4ccc(N(C)C)cc4)n3)c2)cs1. The van der Waals surface area contributed by atoms with Crippen molar-refractivity contribution in [1.29, 1.82) is 0 Å². The standard InChI is InChI=1S/C22H21N5O2S/c1-14-24-19(13-30-14)16-5-4-6-17(11-16)20-25-22(29-26-20)21(28)23-12-15-7-9-18(10-8-15)27(2)3/h4-11,13H,12H2,1-3H3,(H,23,28). The predicted octanol–water partition coefficient (Wildman–Crippen LogP) is 4.16. The summed E-state index contributed by atoms with van der Waals surface area (Å²) in [6, 6.07) is 15.7. The van der Waals surface area contributed by atoms with Crippen LogP contribution in [0.25, 0.3) is 22.6 Å². The van der Waals surface area contributed by atoms with Gasteiger partial charge in [-0.05, 0) is 30.7 Å². The smallest absolute Gasteiger partial charge is 0.316 e. The van der Waals surface area contributed by atoms with E-state index in [1.54, 1.807) is 11.3 Å². The van der Waals surface area contributed by atoms with Gasteiger partial charge in [-0.25, -0.2) is 4.98 Å². The summed E-state index contributed by atoms with van der Waals surface area (Å²) in [5, 5.41) is 9.79. The molecule has 0 atom stereocenters. The molecule has 0 spiro atoms. The van der Waals surface area contributed by atoms with Crippen molar-refractivity contribution in [3.63, 3.8) is 0 Å². The van der Waals surface area contributed by atoms with Crippen LogP contribution in [-0.4, -0.2) is 35.1 Å². The molecule has 0 aliphatic rings. The van der Waals surface area contributed by atoms with Crippen LogP contribution in [0.4, 0.5) is 5.69 Å². The van der Waals surface area contributed by atoms with Crippen molar-refractivity contribution in [3.8, 4) is 22.6 Å². The highest BCUT2D eigenvalue weighted by atomic mass is 32.1. The molecule has 0 bridgehead atoms. The normalized spacial score (nSPS) is 10.8. The van der Waals surface area contributed by atoms with Gasteiger partial charge >= 0.3 is 11.8 Å². The van der Waals surface area contributed by atoms with Gasteiger partial charge in [-0.2, -0.15) is 4.98 Å². The minimum atomic E-state index is -0.406. The highest BCUT2D eigenvalue weighted by molar-refractivity contribution is 7.09. The zero-order valence-corrected chi connectivity index (χ0v) is 17.7. The quantitative estimate of drug-likeness (QED) is 0.505. The molecule has 8 heteroatoms. The van der Waals surface area contributed by atoms with Crippen LogP contribution in [0.5, 0.6) is 0 Å². The van der Waals surface area contributed by atoms with E-state index in [4.69, 9.17) is 4.52 Å². The zero-order chi connectivity index (χ0) is 21.1. The number of carbonyl (C=O) groups is 1. The minimum Gasteiger partial charge on any atom is -0.378 e. The molecule has 0 radical (unpaired) electrons. The molecule has 0 saturated heterocycles. The maximum absolute atomic E-state index is 12.4. The Morgan fingerprint density at radius 1 is 1.10 bits per heavy atom. The third kappa shape index (κ3) is 4.38. The van der Waals surface area contributed by atoms with Crippen LogP contribution >= 0.6 is 11.3 Å². The van der Waals surface area contributed by atoms with Crippen molar-refractivity contribution in [2.24, 2.45) is 0 Å². The molecule has 1 N–H and O–H groups in total. The average Bonchev–Trinajstić information content (AvgIpc) is 3.42. The second kappa shape index (κ2) is 8.46. The van der Waals surface area contributed by atoms with E-state index in [1.165, 1.54) is 0 Å². The number of nitrogens with one attached hydrogen (secondary N) is 1. The maximum Gasteiger partial charge on any atom is 0.316 e. The van der Waals surface area contributed by atoms with Crippen LogP contribution < -0.4 is 10.2 Å². The Labute approximate surface area is 178 Å². The van der Waals surface area contributed by atoms with E-state index in [1.807, 2.05) is 79.8 Å². The van der Waals surface area contributed by atoms with E-state index in [9.17, 15) is 4.79 Å². The number of anilines is 1. The number of amides is 1. The number of benzene rings is 2. The first-order valence-corrected chi connectivity index (χ1v) is 10.3. The Hall–Kier alpha value is -3.52. The molecule has 0 unspecified atom stereocenters. The Morgan fingerprint density at radius 3 is 2.57 bits per heavy atom. The molecule has 0 saturated carbocycles. The lowest BCUT2D eigenvalue weighted by Crippen LogP contribution is -2.23. The van der Waals surface area contributed by atoms with Crippen LogP contribution in [0.15, 0.2) is 58.4 Å². The van der Waals surface area contributed by atoms with Gasteiger partial charge < -0.3 is 14.7 Å². The van der Waals surface area contributed by atoms with Gasteiger partial charge in [0.05, 0.1) is 10.7 Å². The monoisotopic (exact) mass is 419 g/mol. The van der Waals surface area contributed by atoms with E-state index in [2.05, 4.69) is 20.4 Å². The molecular formula is C22H21N5O2S. The Bertz CT molecular complexity index is 1160. The fourth-order valence-electron chi connectivity index (χ4n) is 2.92. The Morgan fingerprint density at radius 2 is 1.87 bits per heavy atom. The van der Waals surface area contributed by atoms with Crippen LogP contribution in [0.3, 0.4) is 0 Å². The highest BCUT2D eigenvalue weighted by Crippen LogP contribution is 2.26. The summed E-state index contributed by atoms with van der Waals surface area (Å²) in [7, 11) is 3.97. The molecule has 4 aromatic rings. The van der Waals surface area contributed by atoms with Gasteiger partial charge in [0.25, 0.3) is 0 Å². The lowest BCUT2D eigenvalue weighted by molar-refractivity contribution is 0.0907. The summed E-state index contributed by atoms with van der Waals surface area (Å²) in [4.78, 5) is 23.2. The predicted molar refractivity (Wildman–Crippen MR) is 118 cm³/mol. The number of hydrogen-bond donors (Lipinski definition) is 1. The third-order valence-electron chi connectivity index (χ3n) is 4.56. The number of rotatable bonds is 6. The summed E-state index contributed by atoms with van der Waals surface area (Å²) in [5.74, 6) is -0.106. The second-order valence-corrected chi connectivity index (χ2v) is 8.06. The molecule has 2 aromatic heterocycles. The lowest BCUT2D eigenvalue weighted by Gasteiger charge is -2.12. The Balaban J connectivity index is 1.44. The molecule has 0 fully saturated rings. The highest BCUT2D eigenvalue weighted by Gasteiger charge is 2.16. The molecule has 0 aliphatic heterocycles. The van der Waals surface area contributed by atoms with Gasteiger partial charge in [0.2, 0.25) is 5.82 Å². The van der Waals surface area contributed by atoms with Gasteiger partial charge in [-0.15, -0.1) is 11.3 Å². The van der Waals surface area contributed by atoms with Crippen molar-refractivity contribution in [3.05, 3.63) is 70.4 Å². The summed E-state index contributed by atoms with van der Waals surface area (Å²) in [6.45, 7) is 2.35. The molecule has 7 nitrogen and oxygen atoms in total. The first kappa shape index (κ1) is 19.8. The first-order chi connectivity index (χ1) is 14.5. The summed E-state index contributed by atoms with van der Waals surface area (Å²) < 4.78 is 5.18. The number of aryl methyl sites for hydroxylation is 1. The molecule has 30 heavy (non-hydrogen) atoms. The van der Waals surface area contributed by atoms with E-state index >= 15 is 0 Å². The number of aromatic nitrogens is 3. The molecule has 152 valence electrons. The first-order valence-electron chi connectivity index (χ1n) is 9.41. The van der Waals surface area contributed by atoms with Crippen molar-refractivity contribution in [1.82, 2.24) is 20.4 Å². The zero-order valence-electron chi connectivity index (χ0n) is 16.9. The van der Waals surface area contributed by atoms with Crippen LogP contribution in [0.1, 0.15) is 21.3 Å². The maximum atomic E-state index is 12.4. The Kier molecular flexibility index (Phi) is 5.58. The molecule has 0 aliphatic carbocycles. The minimum absolute atomic E-state index is 0.0650. The number of thiazole rings is 1. The fraction of sp³-hybridized carbons (Fsp3) is 0.182. The molecule has 4 rings (SSSR count).